The number of hydrogen-bond donors (Lipinski definition) is 0. The summed E-state index contributed by atoms with van der Waals surface area (Å²) in [6.07, 6.45) is 0.960. The number of carbonyl (C=O) groups excluding carboxylic acids is 3. The van der Waals surface area contributed by atoms with Crippen molar-refractivity contribution in [3.05, 3.63) is 12.7 Å². The number of nitrogens with zero attached hydrogens (tertiary/aromatic N) is 1. The molecule has 184 valence electrons. The summed E-state index contributed by atoms with van der Waals surface area (Å²) in [7, 11) is -0.720. The van der Waals surface area contributed by atoms with Gasteiger partial charge in [-0.2, -0.15) is 0 Å². The van der Waals surface area contributed by atoms with Crippen molar-refractivity contribution in [1.29, 1.82) is 0 Å². The summed E-state index contributed by atoms with van der Waals surface area (Å²) < 4.78 is 21.5. The van der Waals surface area contributed by atoms with E-state index >= 15 is 0 Å². The average molecular weight is 492 g/mol. The summed E-state index contributed by atoms with van der Waals surface area (Å²) in [5.41, 5.74) is -1.35. The summed E-state index contributed by atoms with van der Waals surface area (Å²) >= 11 is 6.31. The highest BCUT2D eigenvalue weighted by Gasteiger charge is 2.58. The molecule has 1 heterocycles. The van der Waals surface area contributed by atoms with Crippen molar-refractivity contribution in [3.8, 4) is 0 Å². The summed E-state index contributed by atoms with van der Waals surface area (Å²) in [6, 6.07) is -0.625. The zero-order valence-electron chi connectivity index (χ0n) is 20.5. The maximum atomic E-state index is 13.1. The lowest BCUT2D eigenvalue weighted by Crippen LogP contribution is -2.71. The topological polar surface area (TPSA) is 91.4 Å². The molecule has 0 saturated carbocycles. The van der Waals surface area contributed by atoms with Crippen molar-refractivity contribution in [2.24, 2.45) is 11.8 Å². The predicted octanol–water partition coefficient (Wildman–Crippen LogP) is 3.34. The minimum absolute atomic E-state index is 0.0217. The molecule has 1 rings (SSSR count). The van der Waals surface area contributed by atoms with E-state index in [0.29, 0.717) is 0 Å². The van der Waals surface area contributed by atoms with Gasteiger partial charge in [-0.05, 0) is 25.1 Å². The number of esters is 1. The van der Waals surface area contributed by atoms with Gasteiger partial charge >= 0.3 is 5.97 Å². The highest BCUT2D eigenvalue weighted by molar-refractivity contribution is 6.74. The van der Waals surface area contributed by atoms with E-state index in [1.807, 2.05) is 6.92 Å². The van der Waals surface area contributed by atoms with E-state index < -0.39 is 43.8 Å². The normalized spacial score (nSPS) is 22.0. The van der Waals surface area contributed by atoms with Gasteiger partial charge in [-0.1, -0.05) is 52.0 Å². The molecule has 1 unspecified atom stereocenters. The fourth-order valence-electron chi connectivity index (χ4n) is 3.43. The molecule has 1 aliphatic rings. The van der Waals surface area contributed by atoms with Crippen molar-refractivity contribution in [2.45, 2.75) is 70.4 Å². The first kappa shape index (κ1) is 28.8. The van der Waals surface area contributed by atoms with Crippen LogP contribution >= 0.6 is 11.6 Å². The number of β-lactam (4-membered cyclic amide) rings is 1. The van der Waals surface area contributed by atoms with Crippen molar-refractivity contribution < 1.29 is 33.0 Å². The summed E-state index contributed by atoms with van der Waals surface area (Å²) in [4.78, 5) is 39.4. The first-order valence-corrected chi connectivity index (χ1v) is 14.1. The first-order valence-electron chi connectivity index (χ1n) is 10.7. The summed E-state index contributed by atoms with van der Waals surface area (Å²) in [6.45, 7) is 17.4. The molecule has 0 aromatic heterocycles. The average Bonchev–Trinajstić information content (AvgIpc) is 2.68. The molecule has 0 bridgehead atoms. The van der Waals surface area contributed by atoms with Crippen LogP contribution in [0, 0.1) is 11.8 Å². The number of ether oxygens (including phenoxy) is 3. The lowest BCUT2D eigenvalue weighted by molar-refractivity contribution is -0.178. The number of likely N-dealkylation sites (tertiary alicyclic amines) is 1. The van der Waals surface area contributed by atoms with Gasteiger partial charge in [0.25, 0.3) is 0 Å². The number of amides is 1. The van der Waals surface area contributed by atoms with Gasteiger partial charge in [-0.15, -0.1) is 0 Å². The lowest BCUT2D eigenvalue weighted by atomic mass is 9.75. The van der Waals surface area contributed by atoms with E-state index in [2.05, 4.69) is 40.4 Å². The molecule has 0 spiro atoms. The molecular weight excluding hydrogens is 454 g/mol. The van der Waals surface area contributed by atoms with E-state index in [9.17, 15) is 14.4 Å². The Morgan fingerprint density at radius 3 is 2.38 bits per heavy atom. The number of rotatable bonds is 13. The molecular formula is C22H38ClNO7Si. The van der Waals surface area contributed by atoms with Crippen molar-refractivity contribution in [2.75, 3.05) is 27.1 Å². The quantitative estimate of drug-likeness (QED) is 0.0570. The number of Topliss-reactive ketones (excluding diaryl/α,β-unsaturated/α-hetero) is 1. The van der Waals surface area contributed by atoms with E-state index in [0.717, 1.165) is 0 Å². The molecule has 0 aliphatic carbocycles. The molecule has 1 amide bonds. The second-order valence-electron chi connectivity index (χ2n) is 9.61. The molecule has 10 heteroatoms. The zero-order valence-corrected chi connectivity index (χ0v) is 22.2. The molecule has 0 N–H and O–H groups in total. The Kier molecular flexibility index (Phi) is 10.6. The van der Waals surface area contributed by atoms with Crippen LogP contribution in [0.1, 0.15) is 34.6 Å². The number of halogens is 1. The van der Waals surface area contributed by atoms with Crippen LogP contribution in [0.2, 0.25) is 18.1 Å². The predicted molar refractivity (Wildman–Crippen MR) is 125 cm³/mol. The minimum Gasteiger partial charge on any atom is -0.459 e. The zero-order chi connectivity index (χ0) is 24.9. The Balaban J connectivity index is 3.14. The van der Waals surface area contributed by atoms with Gasteiger partial charge in [-0.3, -0.25) is 9.59 Å². The number of ketones is 1. The Morgan fingerprint density at radius 1 is 1.28 bits per heavy atom. The van der Waals surface area contributed by atoms with Crippen LogP contribution in [-0.4, -0.2) is 75.6 Å². The Labute approximate surface area is 197 Å². The number of methoxy groups -OCH3 is 1. The molecule has 0 radical (unpaired) electrons. The smallest absolute Gasteiger partial charge is 0.344 e. The maximum absolute atomic E-state index is 13.1. The van der Waals surface area contributed by atoms with Crippen LogP contribution in [0.3, 0.4) is 0 Å². The monoisotopic (exact) mass is 491 g/mol. The minimum atomic E-state index is -2.18. The van der Waals surface area contributed by atoms with Gasteiger partial charge in [0.1, 0.15) is 20.0 Å². The molecule has 1 saturated heterocycles. The van der Waals surface area contributed by atoms with Gasteiger partial charge in [0, 0.05) is 13.0 Å². The van der Waals surface area contributed by atoms with Crippen LogP contribution in [0.4, 0.5) is 0 Å². The standard InChI is InChI=1S/C22H38ClNO7Si/c1-10-11-30-21(27)19(23)24-18(14(2)16(25)12-29-13-28-7)17(20(24)26)15(3)31-32(8,9)22(4,5)6/h10,14-15,17-19H,1,11-13H2,2-9H3/t14-,15+,17+,18+,19?/m0/s1. The van der Waals surface area contributed by atoms with Crippen molar-refractivity contribution in [3.63, 3.8) is 0 Å². The van der Waals surface area contributed by atoms with Gasteiger partial charge in [0.05, 0.1) is 18.1 Å². The molecule has 1 fully saturated rings. The van der Waals surface area contributed by atoms with Crippen LogP contribution in [0.5, 0.6) is 0 Å². The molecule has 32 heavy (non-hydrogen) atoms. The SMILES string of the molecule is C=CCOC(=O)C(Cl)N1C(=O)[C@H]([C@@H](C)O[Si](C)(C)C(C)(C)C)[C@H]1[C@@H](C)C(=O)COCOC. The van der Waals surface area contributed by atoms with Crippen LogP contribution in [-0.2, 0) is 33.0 Å². The van der Waals surface area contributed by atoms with E-state index in [1.165, 1.54) is 18.1 Å². The Bertz CT molecular complexity index is 694. The van der Waals surface area contributed by atoms with E-state index in [-0.39, 0.29) is 36.7 Å². The Morgan fingerprint density at radius 2 is 1.88 bits per heavy atom. The van der Waals surface area contributed by atoms with Crippen LogP contribution in [0.25, 0.3) is 0 Å². The van der Waals surface area contributed by atoms with Crippen molar-refractivity contribution in [1.82, 2.24) is 4.90 Å². The fourth-order valence-corrected chi connectivity index (χ4v) is 5.15. The summed E-state index contributed by atoms with van der Waals surface area (Å²) in [5, 5.41) is -0.0534. The molecule has 5 atom stereocenters. The van der Waals surface area contributed by atoms with Gasteiger partial charge in [0.2, 0.25) is 11.4 Å². The van der Waals surface area contributed by atoms with Crippen molar-refractivity contribution >= 4 is 37.6 Å². The molecule has 0 aromatic rings. The van der Waals surface area contributed by atoms with Gasteiger partial charge < -0.3 is 23.5 Å². The number of alkyl halides is 1. The number of carbonyl (C=O) groups is 3. The molecule has 8 nitrogen and oxygen atoms in total. The van der Waals surface area contributed by atoms with Gasteiger partial charge in [0.15, 0.2) is 14.1 Å². The third-order valence-corrected chi connectivity index (χ3v) is 11.2. The molecule has 1 aliphatic heterocycles. The third-order valence-electron chi connectivity index (χ3n) is 6.27. The first-order chi connectivity index (χ1) is 14.7. The Hall–Kier alpha value is -1.26. The largest absolute Gasteiger partial charge is 0.459 e. The van der Waals surface area contributed by atoms with E-state index in [4.69, 9.17) is 30.2 Å². The lowest BCUT2D eigenvalue weighted by Gasteiger charge is -2.53. The second-order valence-corrected chi connectivity index (χ2v) is 14.8. The second kappa shape index (κ2) is 11.7. The highest BCUT2D eigenvalue weighted by atomic mass is 35.5. The van der Waals surface area contributed by atoms with Crippen LogP contribution < -0.4 is 0 Å². The summed E-state index contributed by atoms with van der Waals surface area (Å²) in [5.74, 6) is -2.57. The maximum Gasteiger partial charge on any atom is 0.344 e. The van der Waals surface area contributed by atoms with E-state index in [1.54, 1.807) is 6.92 Å². The van der Waals surface area contributed by atoms with Crippen LogP contribution in [0.15, 0.2) is 12.7 Å². The third kappa shape index (κ3) is 6.63. The number of hydrogen-bond acceptors (Lipinski definition) is 7. The van der Waals surface area contributed by atoms with Gasteiger partial charge in [-0.25, -0.2) is 4.79 Å². The fraction of sp³-hybridized carbons (Fsp3) is 0.773. The molecule has 0 aromatic carbocycles. The highest BCUT2D eigenvalue weighted by Crippen LogP contribution is 2.43.